The Hall–Kier alpha value is -4.50. The van der Waals surface area contributed by atoms with Crippen molar-refractivity contribution in [2.24, 2.45) is 7.05 Å². The van der Waals surface area contributed by atoms with E-state index in [1.807, 2.05) is 62.8 Å². The zero-order valence-corrected chi connectivity index (χ0v) is 22.2. The number of benzene rings is 1. The van der Waals surface area contributed by atoms with Gasteiger partial charge in [0, 0.05) is 80.3 Å². The molecule has 198 valence electrons. The first kappa shape index (κ1) is 24.8. The third-order valence-electron chi connectivity index (χ3n) is 7.56. The van der Waals surface area contributed by atoms with E-state index in [4.69, 9.17) is 9.72 Å². The maximum atomic E-state index is 12.4. The van der Waals surface area contributed by atoms with Crippen LogP contribution in [-0.4, -0.2) is 74.6 Å². The molecule has 1 fully saturated rings. The number of aromatic amines is 1. The standard InChI is InChI=1S/C30H30N6O3/c1-19-29(37)34(2)12-13-36(19)14-15-39-27-9-6-22(17-32-27)20-4-7-25-21(16-20)5-8-26(33-25)24-18-35(3)30(38)28-23(24)10-11-31-28/h4-11,16-19,31H,12-15H2,1-3H3/t19-/m1/s1. The second-order valence-corrected chi connectivity index (χ2v) is 10.0. The van der Waals surface area contributed by atoms with E-state index < -0.39 is 0 Å². The number of fused-ring (bicyclic) bond motifs is 2. The third-order valence-corrected chi connectivity index (χ3v) is 7.56. The van der Waals surface area contributed by atoms with Gasteiger partial charge in [-0.25, -0.2) is 9.97 Å². The van der Waals surface area contributed by atoms with Crippen LogP contribution in [0.2, 0.25) is 0 Å². The molecule has 39 heavy (non-hydrogen) atoms. The van der Waals surface area contributed by atoms with Gasteiger partial charge in [-0.05, 0) is 42.8 Å². The van der Waals surface area contributed by atoms with Gasteiger partial charge in [-0.15, -0.1) is 0 Å². The van der Waals surface area contributed by atoms with Crippen molar-refractivity contribution in [2.45, 2.75) is 13.0 Å². The number of hydrogen-bond acceptors (Lipinski definition) is 6. The number of H-pyrrole nitrogens is 1. The van der Waals surface area contributed by atoms with Crippen molar-refractivity contribution in [3.05, 3.63) is 77.5 Å². The van der Waals surface area contributed by atoms with Crippen molar-refractivity contribution in [2.75, 3.05) is 33.3 Å². The van der Waals surface area contributed by atoms with Crippen LogP contribution in [0.15, 0.2) is 71.9 Å². The van der Waals surface area contributed by atoms with E-state index >= 15 is 0 Å². The molecule has 0 radical (unpaired) electrons. The number of nitrogens with zero attached hydrogens (tertiary/aromatic N) is 5. The topological polar surface area (TPSA) is 96.4 Å². The van der Waals surface area contributed by atoms with E-state index in [0.29, 0.717) is 24.5 Å². The van der Waals surface area contributed by atoms with Crippen LogP contribution in [0.4, 0.5) is 0 Å². The fraction of sp³-hybridized carbons (Fsp3) is 0.267. The molecule has 0 saturated carbocycles. The van der Waals surface area contributed by atoms with Crippen LogP contribution in [0.25, 0.3) is 44.2 Å². The highest BCUT2D eigenvalue weighted by Gasteiger charge is 2.28. The van der Waals surface area contributed by atoms with Crippen LogP contribution in [0.3, 0.4) is 0 Å². The monoisotopic (exact) mass is 522 g/mol. The van der Waals surface area contributed by atoms with Gasteiger partial charge >= 0.3 is 0 Å². The summed E-state index contributed by atoms with van der Waals surface area (Å²) in [6.07, 6.45) is 5.43. The number of nitrogens with one attached hydrogen (secondary N) is 1. The molecular weight excluding hydrogens is 492 g/mol. The molecule has 0 spiro atoms. The van der Waals surface area contributed by atoms with Gasteiger partial charge in [-0.3, -0.25) is 14.5 Å². The lowest BCUT2D eigenvalue weighted by Crippen LogP contribution is -2.55. The first-order valence-corrected chi connectivity index (χ1v) is 13.1. The minimum atomic E-state index is -0.128. The summed E-state index contributed by atoms with van der Waals surface area (Å²) in [7, 11) is 3.60. The normalized spacial score (nSPS) is 16.3. The Kier molecular flexibility index (Phi) is 6.36. The number of rotatable bonds is 6. The molecule has 6 rings (SSSR count). The van der Waals surface area contributed by atoms with Crippen LogP contribution in [0.5, 0.6) is 5.88 Å². The summed E-state index contributed by atoms with van der Waals surface area (Å²) in [6.45, 7) is 4.68. The molecular formula is C30H30N6O3. The number of carbonyl (C=O) groups excluding carboxylic acids is 1. The lowest BCUT2D eigenvalue weighted by Gasteiger charge is -2.37. The first-order valence-electron chi connectivity index (χ1n) is 13.1. The number of aryl methyl sites for hydroxylation is 1. The molecule has 0 bridgehead atoms. The molecule has 1 aliphatic heterocycles. The fourth-order valence-corrected chi connectivity index (χ4v) is 5.20. The van der Waals surface area contributed by atoms with Crippen molar-refractivity contribution in [3.8, 4) is 28.3 Å². The Bertz CT molecular complexity index is 1740. The molecule has 1 aliphatic rings. The van der Waals surface area contributed by atoms with E-state index in [1.165, 1.54) is 0 Å². The second kappa shape index (κ2) is 9.99. The predicted molar refractivity (Wildman–Crippen MR) is 152 cm³/mol. The Labute approximate surface area is 225 Å². The fourth-order valence-electron chi connectivity index (χ4n) is 5.20. The Balaban J connectivity index is 1.16. The summed E-state index contributed by atoms with van der Waals surface area (Å²) in [4.78, 5) is 40.9. The Morgan fingerprint density at radius 1 is 1.03 bits per heavy atom. The molecule has 0 unspecified atom stereocenters. The summed E-state index contributed by atoms with van der Waals surface area (Å²) in [6, 6.07) is 15.8. The Morgan fingerprint density at radius 2 is 1.87 bits per heavy atom. The molecule has 1 atom stereocenters. The summed E-state index contributed by atoms with van der Waals surface area (Å²) in [5.41, 5.74) is 5.14. The van der Waals surface area contributed by atoms with Gasteiger partial charge in [-0.1, -0.05) is 12.1 Å². The molecule has 1 aromatic carbocycles. The highest BCUT2D eigenvalue weighted by molar-refractivity contribution is 5.95. The number of carbonyl (C=O) groups is 1. The molecule has 0 aliphatic carbocycles. The van der Waals surface area contributed by atoms with Gasteiger partial charge < -0.3 is 19.2 Å². The van der Waals surface area contributed by atoms with Crippen molar-refractivity contribution < 1.29 is 9.53 Å². The molecule has 4 aromatic heterocycles. The van der Waals surface area contributed by atoms with Gasteiger partial charge in [-0.2, -0.15) is 0 Å². The lowest BCUT2D eigenvalue weighted by molar-refractivity contribution is -0.139. The maximum absolute atomic E-state index is 12.4. The SMILES string of the molecule is C[C@@H]1C(=O)N(C)CCN1CCOc1ccc(-c2ccc3nc(-c4cn(C)c(=O)c5[nH]ccc45)ccc3c2)cn1. The third kappa shape index (κ3) is 4.66. The summed E-state index contributed by atoms with van der Waals surface area (Å²) in [5, 5.41) is 1.88. The maximum Gasteiger partial charge on any atom is 0.274 e. The second-order valence-electron chi connectivity index (χ2n) is 10.0. The molecule has 9 heteroatoms. The lowest BCUT2D eigenvalue weighted by atomic mass is 10.0. The average Bonchev–Trinajstić information content (AvgIpc) is 3.45. The van der Waals surface area contributed by atoms with E-state index in [2.05, 4.69) is 27.0 Å². The minimum Gasteiger partial charge on any atom is -0.476 e. The minimum absolute atomic E-state index is 0.0599. The van der Waals surface area contributed by atoms with Gasteiger partial charge in [0.2, 0.25) is 11.8 Å². The smallest absolute Gasteiger partial charge is 0.274 e. The van der Waals surface area contributed by atoms with Crippen molar-refractivity contribution >= 4 is 27.7 Å². The molecule has 5 aromatic rings. The van der Waals surface area contributed by atoms with Crippen LogP contribution >= 0.6 is 0 Å². The molecule has 1 N–H and O–H groups in total. The molecule has 9 nitrogen and oxygen atoms in total. The van der Waals surface area contributed by atoms with Crippen molar-refractivity contribution in [3.63, 3.8) is 0 Å². The zero-order chi connectivity index (χ0) is 27.1. The van der Waals surface area contributed by atoms with E-state index in [0.717, 1.165) is 51.8 Å². The van der Waals surface area contributed by atoms with Crippen molar-refractivity contribution in [1.29, 1.82) is 0 Å². The number of hydrogen-bond donors (Lipinski definition) is 1. The van der Waals surface area contributed by atoms with Gasteiger partial charge in [0.1, 0.15) is 12.1 Å². The number of aromatic nitrogens is 4. The highest BCUT2D eigenvalue weighted by Crippen LogP contribution is 2.29. The van der Waals surface area contributed by atoms with Gasteiger partial charge in [0.05, 0.1) is 17.3 Å². The van der Waals surface area contributed by atoms with E-state index in [1.54, 1.807) is 22.7 Å². The number of likely N-dealkylation sites (N-methyl/N-ethyl adjacent to an activating group) is 1. The molecule has 1 saturated heterocycles. The van der Waals surface area contributed by atoms with Crippen LogP contribution in [0.1, 0.15) is 6.92 Å². The van der Waals surface area contributed by atoms with Crippen LogP contribution in [-0.2, 0) is 11.8 Å². The number of piperazine rings is 1. The van der Waals surface area contributed by atoms with Gasteiger partial charge in [0.15, 0.2) is 0 Å². The van der Waals surface area contributed by atoms with E-state index in [9.17, 15) is 9.59 Å². The molecule has 5 heterocycles. The largest absolute Gasteiger partial charge is 0.476 e. The zero-order valence-electron chi connectivity index (χ0n) is 22.2. The van der Waals surface area contributed by atoms with E-state index in [-0.39, 0.29) is 17.5 Å². The van der Waals surface area contributed by atoms with Gasteiger partial charge in [0.25, 0.3) is 5.56 Å². The first-order chi connectivity index (χ1) is 18.9. The number of ether oxygens (including phenoxy) is 1. The highest BCUT2D eigenvalue weighted by atomic mass is 16.5. The summed E-state index contributed by atoms with van der Waals surface area (Å²) < 4.78 is 7.45. The Morgan fingerprint density at radius 3 is 2.69 bits per heavy atom. The average molecular weight is 523 g/mol. The van der Waals surface area contributed by atoms with Crippen molar-refractivity contribution in [1.82, 2.24) is 29.3 Å². The van der Waals surface area contributed by atoms with Crippen LogP contribution < -0.4 is 10.3 Å². The predicted octanol–water partition coefficient (Wildman–Crippen LogP) is 3.69. The summed E-state index contributed by atoms with van der Waals surface area (Å²) in [5.74, 6) is 0.711. The number of amides is 1. The molecule has 1 amide bonds. The summed E-state index contributed by atoms with van der Waals surface area (Å²) >= 11 is 0. The number of pyridine rings is 3. The quantitative estimate of drug-likeness (QED) is 0.366. The van der Waals surface area contributed by atoms with Crippen LogP contribution in [0, 0.1) is 0 Å².